The Balaban J connectivity index is 1.47. The first-order chi connectivity index (χ1) is 14.6. The monoisotopic (exact) mass is 407 g/mol. The van der Waals surface area contributed by atoms with E-state index in [1.54, 1.807) is 17.0 Å². The minimum Gasteiger partial charge on any atom is -0.508 e. The van der Waals surface area contributed by atoms with Crippen LogP contribution in [0.25, 0.3) is 0 Å². The average Bonchev–Trinajstić information content (AvgIpc) is 3.22. The van der Waals surface area contributed by atoms with E-state index >= 15 is 0 Å². The number of hydrazone groups is 1. The second-order valence-electron chi connectivity index (χ2n) is 7.93. The maximum absolute atomic E-state index is 12.2. The Labute approximate surface area is 175 Å². The first-order valence-corrected chi connectivity index (χ1v) is 10.5. The number of carbonyl (C=O) groups excluding carboxylic acids is 1. The maximum Gasteiger partial charge on any atom is 0.409 e. The molecule has 0 radical (unpaired) electrons. The number of rotatable bonds is 2. The fourth-order valence-electron chi connectivity index (χ4n) is 4.64. The fourth-order valence-corrected chi connectivity index (χ4v) is 4.64. The summed E-state index contributed by atoms with van der Waals surface area (Å²) in [7, 11) is 0. The van der Waals surface area contributed by atoms with Crippen molar-refractivity contribution in [3.63, 3.8) is 0 Å². The molecule has 7 nitrogen and oxygen atoms in total. The lowest BCUT2D eigenvalue weighted by molar-refractivity contribution is -0.147. The molecule has 3 aliphatic rings. The lowest BCUT2D eigenvalue weighted by Gasteiger charge is -2.50. The van der Waals surface area contributed by atoms with E-state index in [1.165, 1.54) is 0 Å². The molecule has 1 fully saturated rings. The van der Waals surface area contributed by atoms with Gasteiger partial charge in [-0.05, 0) is 42.8 Å². The zero-order valence-corrected chi connectivity index (χ0v) is 17.0. The Morgan fingerprint density at radius 1 is 1.20 bits per heavy atom. The summed E-state index contributed by atoms with van der Waals surface area (Å²) in [6.07, 6.45) is 1.82. The summed E-state index contributed by atoms with van der Waals surface area (Å²) < 4.78 is 11.7. The molecule has 0 aromatic heterocycles. The highest BCUT2D eigenvalue weighted by atomic mass is 16.6. The summed E-state index contributed by atoms with van der Waals surface area (Å²) in [6, 6.07) is 15.4. The lowest BCUT2D eigenvalue weighted by Crippen LogP contribution is -2.59. The first-order valence-electron chi connectivity index (χ1n) is 10.5. The Morgan fingerprint density at radius 2 is 1.93 bits per heavy atom. The van der Waals surface area contributed by atoms with Crippen LogP contribution in [0, 0.1) is 0 Å². The molecule has 0 bridgehead atoms. The van der Waals surface area contributed by atoms with Crippen molar-refractivity contribution in [3.05, 3.63) is 59.7 Å². The number of phenols is 1. The van der Waals surface area contributed by atoms with Gasteiger partial charge in [-0.25, -0.2) is 9.80 Å². The Hall–Kier alpha value is -3.22. The topological polar surface area (TPSA) is 74.6 Å². The molecule has 1 spiro atoms. The lowest BCUT2D eigenvalue weighted by atomic mass is 9.91. The highest BCUT2D eigenvalue weighted by Gasteiger charge is 2.52. The van der Waals surface area contributed by atoms with Crippen LogP contribution in [0.3, 0.4) is 0 Å². The molecule has 1 saturated heterocycles. The van der Waals surface area contributed by atoms with Crippen LogP contribution in [0.1, 0.15) is 43.4 Å². The zero-order chi connectivity index (χ0) is 20.7. The number of para-hydroxylation sites is 1. The van der Waals surface area contributed by atoms with Crippen molar-refractivity contribution < 1.29 is 19.4 Å². The standard InChI is InChI=1S/C23H25N3O4/c1-2-29-22(28)25-13-11-23(12-14-25)26-20(18-5-3-4-6-21(18)30-23)15-19(24-26)16-7-9-17(27)10-8-16/h3-10,20,27H,2,11-15H2,1H3/t20-/m1/s1. The highest BCUT2D eigenvalue weighted by molar-refractivity contribution is 6.02. The summed E-state index contributed by atoms with van der Waals surface area (Å²) in [5.41, 5.74) is 2.53. The Kier molecular flexibility index (Phi) is 4.53. The molecule has 156 valence electrons. The molecule has 3 heterocycles. The van der Waals surface area contributed by atoms with Crippen LogP contribution in [0.5, 0.6) is 11.5 Å². The molecule has 1 amide bonds. The van der Waals surface area contributed by atoms with Gasteiger partial charge >= 0.3 is 6.09 Å². The third-order valence-electron chi connectivity index (χ3n) is 6.18. The van der Waals surface area contributed by atoms with Crippen LogP contribution >= 0.6 is 0 Å². The van der Waals surface area contributed by atoms with Crippen LogP contribution in [0.15, 0.2) is 53.6 Å². The van der Waals surface area contributed by atoms with Crippen molar-refractivity contribution in [2.24, 2.45) is 5.10 Å². The second kappa shape index (κ2) is 7.23. The van der Waals surface area contributed by atoms with E-state index in [-0.39, 0.29) is 17.9 Å². The van der Waals surface area contributed by atoms with Gasteiger partial charge in [0, 0.05) is 37.9 Å². The zero-order valence-electron chi connectivity index (χ0n) is 17.0. The fraction of sp³-hybridized carbons (Fsp3) is 0.391. The van der Waals surface area contributed by atoms with Gasteiger partial charge in [0.2, 0.25) is 5.72 Å². The van der Waals surface area contributed by atoms with Gasteiger partial charge in [-0.1, -0.05) is 18.2 Å². The molecule has 30 heavy (non-hydrogen) atoms. The van der Waals surface area contributed by atoms with Gasteiger partial charge < -0.3 is 19.5 Å². The molecular weight excluding hydrogens is 382 g/mol. The van der Waals surface area contributed by atoms with Gasteiger partial charge in [-0.15, -0.1) is 0 Å². The van der Waals surface area contributed by atoms with Gasteiger partial charge in [0.15, 0.2) is 0 Å². The van der Waals surface area contributed by atoms with E-state index in [0.29, 0.717) is 32.5 Å². The number of phenolic OH excluding ortho intramolecular Hbond substituents is 1. The van der Waals surface area contributed by atoms with Crippen LogP contribution in [-0.2, 0) is 4.74 Å². The normalized spacial score (nSPS) is 21.5. The van der Waals surface area contributed by atoms with Crippen molar-refractivity contribution in [1.82, 2.24) is 9.91 Å². The third-order valence-corrected chi connectivity index (χ3v) is 6.18. The minimum atomic E-state index is -0.583. The van der Waals surface area contributed by atoms with Crippen molar-refractivity contribution in [3.8, 4) is 11.5 Å². The van der Waals surface area contributed by atoms with Gasteiger partial charge in [0.05, 0.1) is 18.4 Å². The molecule has 2 aromatic rings. The molecule has 1 atom stereocenters. The SMILES string of the molecule is CCOC(=O)N1CCC2(CC1)Oc1ccccc1[C@H]1CC(c3ccc(O)cc3)=NN12. The van der Waals surface area contributed by atoms with E-state index in [1.807, 2.05) is 37.3 Å². The summed E-state index contributed by atoms with van der Waals surface area (Å²) in [5.74, 6) is 1.14. The molecule has 0 unspecified atom stereocenters. The van der Waals surface area contributed by atoms with Crippen molar-refractivity contribution >= 4 is 11.8 Å². The van der Waals surface area contributed by atoms with E-state index in [2.05, 4.69) is 11.1 Å². The van der Waals surface area contributed by atoms with E-state index in [4.69, 9.17) is 14.6 Å². The molecule has 0 aliphatic carbocycles. The van der Waals surface area contributed by atoms with Gasteiger partial charge in [0.25, 0.3) is 0 Å². The van der Waals surface area contributed by atoms with Gasteiger partial charge in [0.1, 0.15) is 11.5 Å². The van der Waals surface area contributed by atoms with E-state index < -0.39 is 5.72 Å². The quantitative estimate of drug-likeness (QED) is 0.818. The Morgan fingerprint density at radius 3 is 2.67 bits per heavy atom. The largest absolute Gasteiger partial charge is 0.508 e. The number of aromatic hydroxyl groups is 1. The number of piperidine rings is 1. The number of fused-ring (bicyclic) bond motifs is 4. The van der Waals surface area contributed by atoms with Crippen molar-refractivity contribution in [2.45, 2.75) is 38.0 Å². The highest BCUT2D eigenvalue weighted by Crippen LogP contribution is 2.49. The van der Waals surface area contributed by atoms with Crippen molar-refractivity contribution in [1.29, 1.82) is 0 Å². The van der Waals surface area contributed by atoms with E-state index in [0.717, 1.165) is 29.0 Å². The van der Waals surface area contributed by atoms with Crippen LogP contribution in [0.4, 0.5) is 4.79 Å². The molecule has 1 N–H and O–H groups in total. The molecule has 7 heteroatoms. The van der Waals surface area contributed by atoms with Crippen LogP contribution in [-0.4, -0.2) is 52.2 Å². The molecule has 2 aromatic carbocycles. The number of hydrogen-bond acceptors (Lipinski definition) is 6. The number of hydrogen-bond donors (Lipinski definition) is 1. The molecular formula is C23H25N3O4. The first kappa shape index (κ1) is 18.8. The summed E-state index contributed by atoms with van der Waals surface area (Å²) >= 11 is 0. The minimum absolute atomic E-state index is 0.0906. The molecule has 5 rings (SSSR count). The maximum atomic E-state index is 12.2. The molecule has 3 aliphatic heterocycles. The van der Waals surface area contributed by atoms with Gasteiger partial charge in [-0.2, -0.15) is 5.10 Å². The van der Waals surface area contributed by atoms with E-state index in [9.17, 15) is 9.90 Å². The van der Waals surface area contributed by atoms with Gasteiger partial charge in [-0.3, -0.25) is 0 Å². The van der Waals surface area contributed by atoms with Crippen LogP contribution in [0.2, 0.25) is 0 Å². The number of carbonyl (C=O) groups is 1. The number of nitrogens with zero attached hydrogens (tertiary/aromatic N) is 3. The number of benzene rings is 2. The predicted molar refractivity (Wildman–Crippen MR) is 111 cm³/mol. The predicted octanol–water partition coefficient (Wildman–Crippen LogP) is 3.88. The van der Waals surface area contributed by atoms with Crippen LogP contribution < -0.4 is 4.74 Å². The third kappa shape index (κ3) is 3.05. The summed E-state index contributed by atoms with van der Waals surface area (Å²) in [6.45, 7) is 3.32. The Bertz CT molecular complexity index is 980. The van der Waals surface area contributed by atoms with Crippen molar-refractivity contribution in [2.75, 3.05) is 19.7 Å². The average molecular weight is 407 g/mol. The summed E-state index contributed by atoms with van der Waals surface area (Å²) in [5, 5.41) is 16.7. The smallest absolute Gasteiger partial charge is 0.409 e. The summed E-state index contributed by atoms with van der Waals surface area (Å²) in [4.78, 5) is 13.9. The second-order valence-corrected chi connectivity index (χ2v) is 7.93. The number of amides is 1. The number of likely N-dealkylation sites (tertiary alicyclic amines) is 1. The number of ether oxygens (including phenoxy) is 2. The molecule has 0 saturated carbocycles.